The minimum absolute atomic E-state index is 0.00370. The van der Waals surface area contributed by atoms with Crippen molar-refractivity contribution in [2.45, 2.75) is 13.8 Å². The molecule has 17 nitrogen and oxygen atoms in total. The van der Waals surface area contributed by atoms with Crippen molar-refractivity contribution in [1.82, 2.24) is 26.1 Å². The fourth-order valence-corrected chi connectivity index (χ4v) is 5.87. The predicted octanol–water partition coefficient (Wildman–Crippen LogP) is 8.90. The molecule has 2 aromatic heterocycles. The standard InChI is InChI=1S/C23H25ClN4O5.C19H16ClN3O5/c1-13(2)12-32-28-22(29)16-10-15-19(11-21(16)31-4)26-8-7-20(15)33-14-5-6-18(17(24)9-14)27-23(30)25-3;1-21-19(26)23-14-4-3-10(7-13(14)20)28-16-5-6-22-15-9-17(27-2)12(18(24)25)8-11(15)16/h5-11,13H,12H2,1-4H3,(H,28,29)(H2,25,27,30);3-9H,1-2H3,(H,24,25)(H2,21,23,26). The van der Waals surface area contributed by atoms with E-state index >= 15 is 0 Å². The summed E-state index contributed by atoms with van der Waals surface area (Å²) < 4.78 is 22.4. The third-order valence-corrected chi connectivity index (χ3v) is 9.01. The van der Waals surface area contributed by atoms with Crippen molar-refractivity contribution in [2.75, 3.05) is 45.6 Å². The summed E-state index contributed by atoms with van der Waals surface area (Å²) in [6.07, 6.45) is 3.13. The van der Waals surface area contributed by atoms with Gasteiger partial charge in [-0.05, 0) is 54.4 Å². The van der Waals surface area contributed by atoms with E-state index in [1.807, 2.05) is 13.8 Å². The Balaban J connectivity index is 0.000000234. The number of amides is 5. The fourth-order valence-electron chi connectivity index (χ4n) is 5.43. The van der Waals surface area contributed by atoms with Crippen LogP contribution in [-0.4, -0.2) is 73.9 Å². The molecule has 4 aromatic carbocycles. The average Bonchev–Trinajstić information content (AvgIpc) is 3.24. The average molecular weight is 875 g/mol. The number of carbonyl (C=O) groups is 4. The van der Waals surface area contributed by atoms with Gasteiger partial charge in [-0.2, -0.15) is 0 Å². The quantitative estimate of drug-likeness (QED) is 0.0599. The fraction of sp³-hybridized carbons (Fsp3) is 0.190. The van der Waals surface area contributed by atoms with Gasteiger partial charge in [0.1, 0.15) is 40.1 Å². The van der Waals surface area contributed by atoms with E-state index in [9.17, 15) is 24.3 Å². The summed E-state index contributed by atoms with van der Waals surface area (Å²) in [5.41, 5.74) is 4.66. The van der Waals surface area contributed by atoms with Crippen molar-refractivity contribution in [1.29, 1.82) is 0 Å². The number of carboxylic acid groups (broad SMARTS) is 1. The molecule has 19 heteroatoms. The lowest BCUT2D eigenvalue weighted by atomic mass is 10.1. The van der Waals surface area contributed by atoms with E-state index in [0.29, 0.717) is 73.6 Å². The van der Waals surface area contributed by atoms with E-state index in [4.69, 9.17) is 47.0 Å². The summed E-state index contributed by atoms with van der Waals surface area (Å²) >= 11 is 12.5. The number of nitrogens with one attached hydrogen (secondary N) is 5. The zero-order chi connectivity index (χ0) is 44.2. The number of rotatable bonds is 13. The number of nitrogens with zero attached hydrogens (tertiary/aromatic N) is 2. The molecule has 5 amide bonds. The molecule has 0 saturated heterocycles. The van der Waals surface area contributed by atoms with E-state index in [-0.39, 0.29) is 33.8 Å². The number of halogens is 2. The summed E-state index contributed by atoms with van der Waals surface area (Å²) in [4.78, 5) is 61.0. The molecule has 0 radical (unpaired) electrons. The normalized spacial score (nSPS) is 10.6. The van der Waals surface area contributed by atoms with Gasteiger partial charge in [0.15, 0.2) is 0 Å². The van der Waals surface area contributed by atoms with E-state index in [1.54, 1.807) is 73.1 Å². The van der Waals surface area contributed by atoms with Gasteiger partial charge < -0.3 is 45.3 Å². The lowest BCUT2D eigenvalue weighted by Crippen LogP contribution is -2.26. The summed E-state index contributed by atoms with van der Waals surface area (Å²) in [5, 5.41) is 21.2. The van der Waals surface area contributed by atoms with E-state index in [1.165, 1.54) is 40.4 Å². The number of anilines is 2. The molecule has 0 aliphatic rings. The van der Waals surface area contributed by atoms with Crippen LogP contribution < -0.4 is 45.7 Å². The van der Waals surface area contributed by atoms with Gasteiger partial charge in [-0.25, -0.2) is 19.9 Å². The molecule has 61 heavy (non-hydrogen) atoms. The molecule has 0 fully saturated rings. The van der Waals surface area contributed by atoms with Gasteiger partial charge in [-0.3, -0.25) is 19.6 Å². The first-order chi connectivity index (χ1) is 29.2. The number of carbonyl (C=O) groups excluding carboxylic acids is 3. The Morgan fingerprint density at radius 1 is 0.656 bits per heavy atom. The Labute approximate surface area is 359 Å². The van der Waals surface area contributed by atoms with Gasteiger partial charge >= 0.3 is 18.0 Å². The molecule has 6 aromatic rings. The smallest absolute Gasteiger partial charge is 0.339 e. The maximum absolute atomic E-state index is 12.7. The molecule has 318 valence electrons. The number of carboxylic acids is 1. The molecule has 0 atom stereocenters. The van der Waals surface area contributed by atoms with Gasteiger partial charge in [0.25, 0.3) is 5.91 Å². The number of methoxy groups -OCH3 is 2. The molecule has 6 N–H and O–H groups in total. The van der Waals surface area contributed by atoms with Crippen molar-refractivity contribution in [3.05, 3.63) is 106 Å². The molecule has 2 heterocycles. The SMILES string of the molecule is CNC(=O)Nc1ccc(Oc2ccnc3cc(OC)c(C(=O)NOCC(C)C)cc23)cc1Cl.CNC(=O)Nc1ccc(Oc2ccnc3cc(OC)c(C(=O)O)cc23)cc1Cl. The van der Waals surface area contributed by atoms with Crippen LogP contribution in [0.15, 0.2) is 85.2 Å². The Bertz CT molecular complexity index is 2590. The van der Waals surface area contributed by atoms with Gasteiger partial charge in [0.2, 0.25) is 0 Å². The highest BCUT2D eigenvalue weighted by Crippen LogP contribution is 2.37. The van der Waals surface area contributed by atoms with Crippen LogP contribution in [0.25, 0.3) is 21.8 Å². The molecule has 0 unspecified atom stereocenters. The molecule has 0 spiro atoms. The number of hydroxylamine groups is 1. The molecule has 0 saturated carbocycles. The van der Waals surface area contributed by atoms with Crippen LogP contribution in [-0.2, 0) is 4.84 Å². The highest BCUT2D eigenvalue weighted by molar-refractivity contribution is 6.34. The zero-order valence-corrected chi connectivity index (χ0v) is 35.2. The number of benzene rings is 4. The maximum Gasteiger partial charge on any atom is 0.339 e. The van der Waals surface area contributed by atoms with Crippen molar-refractivity contribution in [2.24, 2.45) is 5.92 Å². The lowest BCUT2D eigenvalue weighted by molar-refractivity contribution is 0.0207. The number of hydrogen-bond acceptors (Lipinski definition) is 11. The van der Waals surface area contributed by atoms with Gasteiger partial charge in [0, 0.05) is 61.5 Å². The van der Waals surface area contributed by atoms with E-state index in [2.05, 4.69) is 36.7 Å². The number of urea groups is 2. The molecular formula is C42H41Cl2N7O10. The van der Waals surface area contributed by atoms with Crippen molar-refractivity contribution in [3.63, 3.8) is 0 Å². The van der Waals surface area contributed by atoms with Crippen molar-refractivity contribution < 1.29 is 48.1 Å². The second-order valence-corrected chi connectivity index (χ2v) is 13.9. The Morgan fingerprint density at radius 3 is 1.52 bits per heavy atom. The third-order valence-electron chi connectivity index (χ3n) is 8.39. The first-order valence-corrected chi connectivity index (χ1v) is 19.0. The van der Waals surface area contributed by atoms with Crippen molar-refractivity contribution >= 4 is 80.3 Å². The molecular weight excluding hydrogens is 833 g/mol. The lowest BCUT2D eigenvalue weighted by Gasteiger charge is -2.14. The van der Waals surface area contributed by atoms with Crippen LogP contribution in [0.2, 0.25) is 10.0 Å². The number of ether oxygens (including phenoxy) is 4. The number of pyridine rings is 2. The second kappa shape index (κ2) is 20.7. The second-order valence-electron chi connectivity index (χ2n) is 13.1. The van der Waals surface area contributed by atoms with E-state index in [0.717, 1.165) is 0 Å². The number of fused-ring (bicyclic) bond motifs is 2. The highest BCUT2D eigenvalue weighted by atomic mass is 35.5. The minimum atomic E-state index is -1.12. The first-order valence-electron chi connectivity index (χ1n) is 18.3. The first kappa shape index (κ1) is 45.0. The topological polar surface area (TPSA) is 221 Å². The molecule has 0 bridgehead atoms. The third kappa shape index (κ3) is 11.6. The summed E-state index contributed by atoms with van der Waals surface area (Å²) in [5.74, 6) is 0.962. The van der Waals surface area contributed by atoms with Gasteiger partial charge in [0.05, 0.1) is 58.8 Å². The Hall–Kier alpha value is -7.08. The zero-order valence-electron chi connectivity index (χ0n) is 33.6. The van der Waals surface area contributed by atoms with Gasteiger partial charge in [-0.1, -0.05) is 37.0 Å². The highest BCUT2D eigenvalue weighted by Gasteiger charge is 2.19. The number of aromatic carboxylic acids is 1. The van der Waals surface area contributed by atoms with Crippen molar-refractivity contribution in [3.8, 4) is 34.5 Å². The van der Waals surface area contributed by atoms with Crippen LogP contribution in [0.5, 0.6) is 34.5 Å². The minimum Gasteiger partial charge on any atom is -0.496 e. The Morgan fingerprint density at radius 2 is 1.11 bits per heavy atom. The maximum atomic E-state index is 12.7. The van der Waals surface area contributed by atoms with Crippen LogP contribution in [0.3, 0.4) is 0 Å². The van der Waals surface area contributed by atoms with Crippen LogP contribution in [0.4, 0.5) is 21.0 Å². The van der Waals surface area contributed by atoms with Crippen LogP contribution >= 0.6 is 23.2 Å². The molecule has 6 rings (SSSR count). The molecule has 0 aliphatic heterocycles. The largest absolute Gasteiger partial charge is 0.496 e. The number of hydrogen-bond donors (Lipinski definition) is 6. The van der Waals surface area contributed by atoms with Crippen LogP contribution in [0.1, 0.15) is 34.6 Å². The Kier molecular flexibility index (Phi) is 15.3. The predicted molar refractivity (Wildman–Crippen MR) is 231 cm³/mol. The van der Waals surface area contributed by atoms with E-state index < -0.39 is 17.9 Å². The van der Waals surface area contributed by atoms with Crippen LogP contribution in [0, 0.1) is 5.92 Å². The summed E-state index contributed by atoms with van der Waals surface area (Å²) in [6.45, 7) is 4.33. The molecule has 0 aliphatic carbocycles. The summed E-state index contributed by atoms with van der Waals surface area (Å²) in [7, 11) is 5.87. The number of aromatic nitrogens is 2. The summed E-state index contributed by atoms with van der Waals surface area (Å²) in [6, 6.07) is 18.4. The van der Waals surface area contributed by atoms with Gasteiger partial charge in [-0.15, -0.1) is 0 Å². The monoisotopic (exact) mass is 873 g/mol.